The summed E-state index contributed by atoms with van der Waals surface area (Å²) in [5.41, 5.74) is 0.749. The first kappa shape index (κ1) is 20.6. The van der Waals surface area contributed by atoms with Crippen LogP contribution in [0, 0.1) is 0 Å². The molecule has 1 aromatic rings. The summed E-state index contributed by atoms with van der Waals surface area (Å²) in [6.07, 6.45) is 6.44. The van der Waals surface area contributed by atoms with Crippen molar-refractivity contribution in [2.75, 3.05) is 26.7 Å². The monoisotopic (exact) mass is 380 g/mol. The number of amides is 1. The lowest BCUT2D eigenvalue weighted by molar-refractivity contribution is -0.125. The van der Waals surface area contributed by atoms with E-state index in [1.807, 2.05) is 0 Å². The molecule has 1 fully saturated rings. The first-order chi connectivity index (χ1) is 12.3. The van der Waals surface area contributed by atoms with E-state index in [0.29, 0.717) is 13.1 Å². The predicted molar refractivity (Wildman–Crippen MR) is 102 cm³/mol. The number of rotatable bonds is 6. The molecule has 0 saturated carbocycles. The highest BCUT2D eigenvalue weighted by atomic mass is 32.2. The highest BCUT2D eigenvalue weighted by Gasteiger charge is 2.24. The smallest absolute Gasteiger partial charge is 0.246 e. The molecule has 1 atom stereocenters. The fraction of sp³-hybridized carbons (Fsp3) is 0.526. The Kier molecular flexibility index (Phi) is 7.37. The van der Waals surface area contributed by atoms with Gasteiger partial charge in [-0.2, -0.15) is 4.31 Å². The summed E-state index contributed by atoms with van der Waals surface area (Å²) in [7, 11) is -1.83. The van der Waals surface area contributed by atoms with Crippen molar-refractivity contribution in [1.82, 2.24) is 9.21 Å². The van der Waals surface area contributed by atoms with Crippen LogP contribution in [0.4, 0.5) is 0 Å². The minimum atomic E-state index is -3.45. The summed E-state index contributed by atoms with van der Waals surface area (Å²) in [4.78, 5) is 13.7. The molecule has 1 N–H and O–H groups in total. The third kappa shape index (κ3) is 5.65. The molecule has 0 spiro atoms. The van der Waals surface area contributed by atoms with Crippen molar-refractivity contribution in [2.45, 2.75) is 43.6 Å². The molecule has 0 radical (unpaired) electrons. The van der Waals surface area contributed by atoms with E-state index in [9.17, 15) is 18.3 Å². The number of carbonyl (C=O) groups excluding carboxylic acids is 1. The zero-order valence-corrected chi connectivity index (χ0v) is 16.3. The summed E-state index contributed by atoms with van der Waals surface area (Å²) >= 11 is 0. The van der Waals surface area contributed by atoms with Gasteiger partial charge in [0.15, 0.2) is 0 Å². The van der Waals surface area contributed by atoms with E-state index in [1.54, 1.807) is 48.6 Å². The quantitative estimate of drug-likeness (QED) is 0.767. The minimum Gasteiger partial charge on any atom is -0.392 e. The Bertz CT molecular complexity index is 718. The normalized spacial score (nSPS) is 17.8. The number of aliphatic hydroxyl groups is 1. The zero-order chi connectivity index (χ0) is 19.2. The van der Waals surface area contributed by atoms with Gasteiger partial charge in [-0.1, -0.05) is 25.0 Å². The molecule has 6 nitrogen and oxygen atoms in total. The van der Waals surface area contributed by atoms with Gasteiger partial charge in [-0.15, -0.1) is 0 Å². The van der Waals surface area contributed by atoms with Gasteiger partial charge in [0.05, 0.1) is 11.0 Å². The lowest BCUT2D eigenvalue weighted by Gasteiger charge is -2.20. The topological polar surface area (TPSA) is 77.9 Å². The van der Waals surface area contributed by atoms with E-state index in [1.165, 1.54) is 11.0 Å². The van der Waals surface area contributed by atoms with Gasteiger partial charge in [0.1, 0.15) is 0 Å². The predicted octanol–water partition coefficient (Wildman–Crippen LogP) is 2.10. The Balaban J connectivity index is 2.05. The molecule has 26 heavy (non-hydrogen) atoms. The van der Waals surface area contributed by atoms with Crippen LogP contribution in [0.2, 0.25) is 0 Å². The van der Waals surface area contributed by atoms with Gasteiger partial charge < -0.3 is 10.0 Å². The van der Waals surface area contributed by atoms with Crippen LogP contribution in [-0.2, 0) is 14.8 Å². The largest absolute Gasteiger partial charge is 0.392 e. The van der Waals surface area contributed by atoms with E-state index >= 15 is 0 Å². The number of sulfonamides is 1. The Morgan fingerprint density at radius 3 is 2.31 bits per heavy atom. The number of benzene rings is 1. The van der Waals surface area contributed by atoms with E-state index in [0.717, 1.165) is 31.2 Å². The molecule has 7 heteroatoms. The van der Waals surface area contributed by atoms with Crippen LogP contribution in [-0.4, -0.2) is 61.4 Å². The fourth-order valence-electron chi connectivity index (χ4n) is 2.96. The maximum absolute atomic E-state index is 12.7. The van der Waals surface area contributed by atoms with Gasteiger partial charge in [-0.05, 0) is 43.5 Å². The second-order valence-corrected chi connectivity index (χ2v) is 8.73. The highest BCUT2D eigenvalue weighted by Crippen LogP contribution is 2.21. The average molecular weight is 381 g/mol. The maximum atomic E-state index is 12.7. The Labute approximate surface area is 156 Å². The summed E-state index contributed by atoms with van der Waals surface area (Å²) in [5.74, 6) is -0.216. The van der Waals surface area contributed by atoms with Crippen LogP contribution in [0.25, 0.3) is 6.08 Å². The summed E-state index contributed by atoms with van der Waals surface area (Å²) < 4.78 is 27.0. The molecule has 1 aromatic carbocycles. The van der Waals surface area contributed by atoms with E-state index < -0.39 is 16.1 Å². The molecule has 2 rings (SSSR count). The Morgan fingerprint density at radius 1 is 1.19 bits per heavy atom. The van der Waals surface area contributed by atoms with Crippen LogP contribution in [0.5, 0.6) is 0 Å². The number of hydrogen-bond acceptors (Lipinski definition) is 4. The second-order valence-electron chi connectivity index (χ2n) is 6.79. The number of nitrogens with zero attached hydrogens (tertiary/aromatic N) is 2. The molecule has 0 aromatic heterocycles. The third-order valence-corrected chi connectivity index (χ3v) is 6.33. The van der Waals surface area contributed by atoms with Crippen molar-refractivity contribution < 1.29 is 18.3 Å². The standard InChI is InChI=1S/C19H28N2O4S/c1-16(22)15-20(2)19(23)12-9-17-7-10-18(11-8-17)26(24,25)21-13-5-3-4-6-14-21/h7-12,16,22H,3-6,13-15H2,1-2H3/b12-9-/t16-/m0/s1. The van der Waals surface area contributed by atoms with Crippen molar-refractivity contribution in [3.63, 3.8) is 0 Å². The van der Waals surface area contributed by atoms with Crippen LogP contribution in [0.15, 0.2) is 35.2 Å². The summed E-state index contributed by atoms with van der Waals surface area (Å²) in [6.45, 7) is 3.04. The Hall–Kier alpha value is -1.70. The van der Waals surface area contributed by atoms with E-state index in [2.05, 4.69) is 0 Å². The Morgan fingerprint density at radius 2 is 1.77 bits per heavy atom. The van der Waals surface area contributed by atoms with Crippen molar-refractivity contribution in [3.8, 4) is 0 Å². The van der Waals surface area contributed by atoms with Crippen molar-refractivity contribution in [1.29, 1.82) is 0 Å². The first-order valence-corrected chi connectivity index (χ1v) is 10.5. The molecule has 1 aliphatic heterocycles. The molecule has 0 unspecified atom stereocenters. The van der Waals surface area contributed by atoms with Crippen LogP contribution < -0.4 is 0 Å². The second kappa shape index (κ2) is 9.30. The molecule has 144 valence electrons. The van der Waals surface area contributed by atoms with Crippen molar-refractivity contribution in [3.05, 3.63) is 35.9 Å². The molecular formula is C19H28N2O4S. The van der Waals surface area contributed by atoms with Gasteiger partial charge in [0, 0.05) is 32.8 Å². The first-order valence-electron chi connectivity index (χ1n) is 9.02. The van der Waals surface area contributed by atoms with Crippen molar-refractivity contribution in [2.24, 2.45) is 0 Å². The third-order valence-electron chi connectivity index (χ3n) is 4.42. The lowest BCUT2D eigenvalue weighted by Crippen LogP contribution is -2.31. The highest BCUT2D eigenvalue weighted by molar-refractivity contribution is 7.89. The lowest BCUT2D eigenvalue weighted by atomic mass is 10.2. The molecule has 1 amide bonds. The molecular weight excluding hydrogens is 352 g/mol. The van der Waals surface area contributed by atoms with Crippen molar-refractivity contribution >= 4 is 22.0 Å². The van der Waals surface area contributed by atoms with Crippen LogP contribution in [0.1, 0.15) is 38.2 Å². The van der Waals surface area contributed by atoms with Gasteiger partial charge in [0.25, 0.3) is 0 Å². The van der Waals surface area contributed by atoms with Crippen LogP contribution in [0.3, 0.4) is 0 Å². The van der Waals surface area contributed by atoms with Gasteiger partial charge >= 0.3 is 0 Å². The number of likely N-dealkylation sites (N-methyl/N-ethyl adjacent to an activating group) is 1. The fourth-order valence-corrected chi connectivity index (χ4v) is 4.48. The molecule has 1 heterocycles. The number of hydrogen-bond donors (Lipinski definition) is 1. The van der Waals surface area contributed by atoms with Gasteiger partial charge in [0.2, 0.25) is 15.9 Å². The SMILES string of the molecule is C[C@H](O)CN(C)C(=O)/C=C\c1ccc(S(=O)(=O)N2CCCCCC2)cc1. The number of aliphatic hydroxyl groups excluding tert-OH is 1. The molecule has 1 aliphatic rings. The van der Waals surface area contributed by atoms with Gasteiger partial charge in [-0.3, -0.25) is 4.79 Å². The molecule has 0 aliphatic carbocycles. The van der Waals surface area contributed by atoms with Gasteiger partial charge in [-0.25, -0.2) is 8.42 Å². The minimum absolute atomic E-state index is 0.216. The maximum Gasteiger partial charge on any atom is 0.246 e. The summed E-state index contributed by atoms with van der Waals surface area (Å²) in [6, 6.07) is 6.57. The average Bonchev–Trinajstić information content (AvgIpc) is 2.89. The zero-order valence-electron chi connectivity index (χ0n) is 15.5. The molecule has 0 bridgehead atoms. The van der Waals surface area contributed by atoms with Crippen LogP contribution >= 0.6 is 0 Å². The summed E-state index contributed by atoms with van der Waals surface area (Å²) in [5, 5.41) is 9.31. The van der Waals surface area contributed by atoms with E-state index in [4.69, 9.17) is 0 Å². The molecule has 1 saturated heterocycles. The number of carbonyl (C=O) groups is 1. The van der Waals surface area contributed by atoms with E-state index in [-0.39, 0.29) is 17.3 Å².